The number of rotatable bonds is 2. The third-order valence-corrected chi connectivity index (χ3v) is 7.28. The average Bonchev–Trinajstić information content (AvgIpc) is 2.98. The van der Waals surface area contributed by atoms with Gasteiger partial charge in [0.15, 0.2) is 0 Å². The molecule has 0 radical (unpaired) electrons. The van der Waals surface area contributed by atoms with Crippen LogP contribution in [0.1, 0.15) is 79.1 Å². The number of hydrogen-bond donors (Lipinski definition) is 0. The van der Waals surface area contributed by atoms with Crippen LogP contribution in [0.5, 0.6) is 0 Å². The maximum atomic E-state index is 12.3. The van der Waals surface area contributed by atoms with Crippen molar-refractivity contribution in [1.82, 2.24) is 19.1 Å². The number of pyridine rings is 4. The molecule has 0 bridgehead atoms. The van der Waals surface area contributed by atoms with E-state index in [0.29, 0.717) is 5.82 Å². The zero-order valence-electron chi connectivity index (χ0n) is 29.1. The van der Waals surface area contributed by atoms with Crippen LogP contribution in [-0.2, 0) is 23.3 Å². The molecule has 0 aliphatic carbocycles. The van der Waals surface area contributed by atoms with E-state index in [0.717, 1.165) is 28.3 Å². The lowest BCUT2D eigenvalue weighted by Gasteiger charge is -2.24. The van der Waals surface area contributed by atoms with Crippen molar-refractivity contribution in [2.45, 2.75) is 78.6 Å². The van der Waals surface area contributed by atoms with Gasteiger partial charge in [0.1, 0.15) is 11.6 Å². The van der Waals surface area contributed by atoms with Gasteiger partial charge in [0.2, 0.25) is 0 Å². The van der Waals surface area contributed by atoms with Gasteiger partial charge in [-0.15, -0.1) is 0 Å². The SMILES string of the molecule is C=C1C=CC=CN1c1cccc(C(C)(C)C)n1.CC(C)(C)c1cccn(-c2ccccn2)c1=O.Cn1cccc(C(C)(C)C)c1=O. The zero-order chi connectivity index (χ0) is 34.3. The summed E-state index contributed by atoms with van der Waals surface area (Å²) >= 11 is 0. The average molecular weight is 620 g/mol. The fourth-order valence-electron chi connectivity index (χ4n) is 4.59. The standard InChI is InChI=1S/C15H18N2.C14H16N2O.C10H15NO/c1-12-8-5-6-11-17(12)14-10-7-9-13(16-14)15(2,3)4;1-14(2,3)11-7-6-10-16(13(11)17)12-8-4-5-9-15-12;1-10(2,3)8-6-5-7-11(4)9(8)12/h5-11H,1H2,2-4H3;4-10H,1-3H3;5-7H,1-4H3. The van der Waals surface area contributed by atoms with Gasteiger partial charge in [-0.05, 0) is 59.4 Å². The highest BCUT2D eigenvalue weighted by Gasteiger charge is 2.20. The minimum absolute atomic E-state index is 0.00120. The van der Waals surface area contributed by atoms with E-state index >= 15 is 0 Å². The van der Waals surface area contributed by atoms with Crippen molar-refractivity contribution >= 4 is 5.82 Å². The summed E-state index contributed by atoms with van der Waals surface area (Å²) in [5.41, 5.74) is 3.64. The molecule has 0 N–H and O–H groups in total. The van der Waals surface area contributed by atoms with E-state index in [4.69, 9.17) is 4.98 Å². The van der Waals surface area contributed by atoms with Gasteiger partial charge in [-0.25, -0.2) is 9.97 Å². The topological polar surface area (TPSA) is 73.0 Å². The van der Waals surface area contributed by atoms with Crippen LogP contribution in [0.4, 0.5) is 5.82 Å². The van der Waals surface area contributed by atoms with E-state index in [1.807, 2.05) is 125 Å². The molecular formula is C39H49N5O2. The Bertz CT molecular complexity index is 1810. The maximum absolute atomic E-state index is 12.3. The third kappa shape index (κ3) is 9.36. The highest BCUT2D eigenvalue weighted by molar-refractivity contribution is 5.55. The summed E-state index contributed by atoms with van der Waals surface area (Å²) in [5, 5.41) is 0. The van der Waals surface area contributed by atoms with Gasteiger partial charge in [-0.1, -0.05) is 99.2 Å². The van der Waals surface area contributed by atoms with E-state index in [1.54, 1.807) is 34.8 Å². The smallest absolute Gasteiger partial charge is 0.259 e. The minimum atomic E-state index is -0.158. The minimum Gasteiger partial charge on any atom is -0.318 e. The third-order valence-electron chi connectivity index (χ3n) is 7.28. The van der Waals surface area contributed by atoms with Crippen molar-refractivity contribution < 1.29 is 0 Å². The van der Waals surface area contributed by atoms with Crippen molar-refractivity contribution in [2.24, 2.45) is 7.05 Å². The fourth-order valence-corrected chi connectivity index (χ4v) is 4.59. The quantitative estimate of drug-likeness (QED) is 0.227. The molecule has 0 amide bonds. The van der Waals surface area contributed by atoms with Crippen LogP contribution in [0.25, 0.3) is 5.82 Å². The van der Waals surface area contributed by atoms with Gasteiger partial charge < -0.3 is 9.47 Å². The molecule has 5 rings (SSSR count). The number of hydrogen-bond acceptors (Lipinski definition) is 5. The van der Waals surface area contributed by atoms with Crippen LogP contribution in [0.15, 0.2) is 126 Å². The molecule has 0 aromatic carbocycles. The lowest BCUT2D eigenvalue weighted by Crippen LogP contribution is -2.29. The first-order chi connectivity index (χ1) is 21.4. The van der Waals surface area contributed by atoms with Gasteiger partial charge in [-0.3, -0.25) is 14.2 Å². The van der Waals surface area contributed by atoms with E-state index in [-0.39, 0.29) is 27.4 Å². The first-order valence-electron chi connectivity index (χ1n) is 15.5. The first-order valence-corrected chi connectivity index (χ1v) is 15.5. The summed E-state index contributed by atoms with van der Waals surface area (Å²) < 4.78 is 3.20. The fraction of sp³-hybridized carbons (Fsp3) is 0.333. The van der Waals surface area contributed by atoms with E-state index in [1.165, 1.54) is 0 Å². The summed E-state index contributed by atoms with van der Waals surface area (Å²) in [7, 11) is 1.78. The van der Waals surface area contributed by atoms with Crippen LogP contribution in [0, 0.1) is 0 Å². The molecule has 7 nitrogen and oxygen atoms in total. The Morgan fingerprint density at radius 1 is 0.652 bits per heavy atom. The van der Waals surface area contributed by atoms with E-state index in [9.17, 15) is 9.59 Å². The molecule has 0 saturated carbocycles. The van der Waals surface area contributed by atoms with E-state index in [2.05, 4.69) is 38.4 Å². The number of allylic oxidation sites excluding steroid dienone is 3. The summed E-state index contributed by atoms with van der Waals surface area (Å²) in [6.45, 7) is 22.8. The molecule has 0 fully saturated rings. The summed E-state index contributed by atoms with van der Waals surface area (Å²) in [4.78, 5) is 34.8. The molecule has 5 heterocycles. The molecule has 7 heteroatoms. The van der Waals surface area contributed by atoms with Crippen LogP contribution in [-0.4, -0.2) is 19.1 Å². The molecule has 4 aromatic heterocycles. The first kappa shape index (κ1) is 35.7. The van der Waals surface area contributed by atoms with Crippen molar-refractivity contribution in [3.63, 3.8) is 0 Å². The van der Waals surface area contributed by atoms with Crippen molar-refractivity contribution in [2.75, 3.05) is 4.90 Å². The Labute approximate surface area is 274 Å². The Balaban J connectivity index is 0.000000191. The molecule has 4 aromatic rings. The number of nitrogens with zero attached hydrogens (tertiary/aromatic N) is 5. The molecule has 0 atom stereocenters. The van der Waals surface area contributed by atoms with Gasteiger partial charge in [0.25, 0.3) is 11.1 Å². The Morgan fingerprint density at radius 2 is 1.26 bits per heavy atom. The van der Waals surface area contributed by atoms with Crippen LogP contribution >= 0.6 is 0 Å². The van der Waals surface area contributed by atoms with Gasteiger partial charge in [0, 0.05) is 59.8 Å². The Hall–Kier alpha value is -4.78. The Kier molecular flexibility index (Phi) is 11.3. The van der Waals surface area contributed by atoms with E-state index < -0.39 is 0 Å². The maximum Gasteiger partial charge on any atom is 0.259 e. The highest BCUT2D eigenvalue weighted by atomic mass is 16.1. The van der Waals surface area contributed by atoms with Gasteiger partial charge >= 0.3 is 0 Å². The summed E-state index contributed by atoms with van der Waals surface area (Å²) in [5.74, 6) is 1.58. The Morgan fingerprint density at radius 3 is 1.80 bits per heavy atom. The van der Waals surface area contributed by atoms with Crippen LogP contribution in [0.2, 0.25) is 0 Å². The van der Waals surface area contributed by atoms with Gasteiger partial charge in [-0.2, -0.15) is 0 Å². The monoisotopic (exact) mass is 619 g/mol. The normalized spacial score (nSPS) is 13.0. The molecule has 0 spiro atoms. The lowest BCUT2D eigenvalue weighted by molar-refractivity contribution is 0.569. The molecule has 0 unspecified atom stereocenters. The van der Waals surface area contributed by atoms with Gasteiger partial charge in [0.05, 0.1) is 0 Å². The molecule has 1 aliphatic heterocycles. The molecule has 46 heavy (non-hydrogen) atoms. The molecule has 242 valence electrons. The van der Waals surface area contributed by atoms with Crippen molar-refractivity contribution in [1.29, 1.82) is 0 Å². The summed E-state index contributed by atoms with van der Waals surface area (Å²) in [6, 6.07) is 19.2. The van der Waals surface area contributed by atoms with Crippen molar-refractivity contribution in [3.05, 3.63) is 153 Å². The second kappa shape index (κ2) is 14.5. The number of anilines is 1. The second-order valence-corrected chi connectivity index (χ2v) is 14.3. The second-order valence-electron chi connectivity index (χ2n) is 14.3. The molecule has 0 saturated heterocycles. The largest absolute Gasteiger partial charge is 0.318 e. The molecule has 1 aliphatic rings. The number of aryl methyl sites for hydroxylation is 1. The summed E-state index contributed by atoms with van der Waals surface area (Å²) in [6.07, 6.45) is 13.1. The van der Waals surface area contributed by atoms with Crippen LogP contribution < -0.4 is 16.0 Å². The lowest BCUT2D eigenvalue weighted by atomic mass is 9.88. The van der Waals surface area contributed by atoms with Crippen molar-refractivity contribution in [3.8, 4) is 5.82 Å². The number of aromatic nitrogens is 4. The molecular weight excluding hydrogens is 570 g/mol. The highest BCUT2D eigenvalue weighted by Crippen LogP contribution is 2.25. The zero-order valence-corrected chi connectivity index (χ0v) is 29.1. The predicted molar refractivity (Wildman–Crippen MR) is 192 cm³/mol. The predicted octanol–water partition coefficient (Wildman–Crippen LogP) is 8.00. The van der Waals surface area contributed by atoms with Crippen LogP contribution in [0.3, 0.4) is 0 Å².